The van der Waals surface area contributed by atoms with Crippen molar-refractivity contribution in [3.63, 3.8) is 0 Å². The Balaban J connectivity index is 3.26. The lowest BCUT2D eigenvalue weighted by atomic mass is 10.2. The van der Waals surface area contributed by atoms with Crippen LogP contribution in [0.2, 0.25) is 0 Å². The molecule has 0 aliphatic heterocycles. The summed E-state index contributed by atoms with van der Waals surface area (Å²) in [6.07, 6.45) is 2.76. The molecule has 104 valence electrons. The van der Waals surface area contributed by atoms with E-state index in [1.165, 1.54) is 11.8 Å². The number of hydrogen-bond acceptors (Lipinski definition) is 4. The van der Waals surface area contributed by atoms with E-state index in [-0.39, 0.29) is 24.0 Å². The largest absolute Gasteiger partial charge is 0.481 e. The zero-order chi connectivity index (χ0) is 13.8. The number of carbonyl (C=O) groups excluding carboxylic acids is 2. The number of nitrogens with one attached hydrogen (secondary N) is 1. The first-order chi connectivity index (χ1) is 8.52. The topological polar surface area (TPSA) is 109 Å². The van der Waals surface area contributed by atoms with Gasteiger partial charge in [0.05, 0.1) is 5.75 Å². The molecule has 4 N–H and O–H groups in total. The van der Waals surface area contributed by atoms with Crippen LogP contribution >= 0.6 is 11.8 Å². The number of nitrogens with two attached hydrogens (primary N) is 1. The second-order valence-electron chi connectivity index (χ2n) is 3.82. The summed E-state index contributed by atoms with van der Waals surface area (Å²) in [5, 5.41) is 11.2. The molecular weight excluding hydrogens is 256 g/mol. The lowest BCUT2D eigenvalue weighted by molar-refractivity contribution is -0.137. The third kappa shape index (κ3) is 12.8. The molecule has 0 fully saturated rings. The fourth-order valence-electron chi connectivity index (χ4n) is 1.23. The Morgan fingerprint density at radius 1 is 1.11 bits per heavy atom. The molecule has 18 heavy (non-hydrogen) atoms. The number of unbranched alkanes of at least 4 members (excludes halogenated alkanes) is 2. The predicted octanol–water partition coefficient (Wildman–Crippen LogP) is 0.356. The average Bonchev–Trinajstić information content (AvgIpc) is 2.28. The van der Waals surface area contributed by atoms with E-state index in [9.17, 15) is 14.4 Å². The molecule has 0 heterocycles. The molecule has 0 saturated carbocycles. The highest BCUT2D eigenvalue weighted by atomic mass is 32.2. The Morgan fingerprint density at radius 2 is 1.83 bits per heavy atom. The third-order valence-electron chi connectivity index (χ3n) is 2.11. The van der Waals surface area contributed by atoms with Crippen molar-refractivity contribution in [1.29, 1.82) is 0 Å². The van der Waals surface area contributed by atoms with Gasteiger partial charge < -0.3 is 16.2 Å². The van der Waals surface area contributed by atoms with Crippen molar-refractivity contribution in [3.8, 4) is 0 Å². The summed E-state index contributed by atoms with van der Waals surface area (Å²) in [5.74, 6) is -0.398. The van der Waals surface area contributed by atoms with E-state index in [1.54, 1.807) is 0 Å². The van der Waals surface area contributed by atoms with Gasteiger partial charge in [-0.05, 0) is 12.8 Å². The predicted molar refractivity (Wildman–Crippen MR) is 70.2 cm³/mol. The maximum absolute atomic E-state index is 11.3. The van der Waals surface area contributed by atoms with E-state index in [0.29, 0.717) is 25.1 Å². The summed E-state index contributed by atoms with van der Waals surface area (Å²) < 4.78 is 0. The second-order valence-corrected chi connectivity index (χ2v) is 4.93. The number of primary amides is 1. The molecule has 7 heteroatoms. The van der Waals surface area contributed by atoms with Gasteiger partial charge in [-0.15, -0.1) is 0 Å². The third-order valence-corrected chi connectivity index (χ3v) is 3.09. The van der Waals surface area contributed by atoms with Crippen molar-refractivity contribution in [2.45, 2.75) is 32.1 Å². The van der Waals surface area contributed by atoms with Gasteiger partial charge in [0, 0.05) is 25.1 Å². The van der Waals surface area contributed by atoms with Gasteiger partial charge in [-0.3, -0.25) is 14.4 Å². The van der Waals surface area contributed by atoms with Crippen molar-refractivity contribution in [2.24, 2.45) is 5.73 Å². The molecule has 0 spiro atoms. The molecule has 6 nitrogen and oxygen atoms in total. The maximum Gasteiger partial charge on any atom is 0.303 e. The minimum atomic E-state index is -0.787. The molecule has 0 unspecified atom stereocenters. The van der Waals surface area contributed by atoms with Crippen molar-refractivity contribution >= 4 is 29.5 Å². The van der Waals surface area contributed by atoms with Crippen LogP contribution in [0.15, 0.2) is 0 Å². The van der Waals surface area contributed by atoms with E-state index in [2.05, 4.69) is 5.32 Å². The fourth-order valence-corrected chi connectivity index (χ4v) is 1.91. The van der Waals surface area contributed by atoms with E-state index in [0.717, 1.165) is 12.8 Å². The van der Waals surface area contributed by atoms with Crippen molar-refractivity contribution in [1.82, 2.24) is 5.32 Å². The first-order valence-electron chi connectivity index (χ1n) is 5.87. The average molecular weight is 276 g/mol. The van der Waals surface area contributed by atoms with Gasteiger partial charge in [0.25, 0.3) is 0 Å². The number of thioether (sulfide) groups is 1. The van der Waals surface area contributed by atoms with Gasteiger partial charge in [-0.1, -0.05) is 6.42 Å². The summed E-state index contributed by atoms with van der Waals surface area (Å²) in [7, 11) is 0. The number of hydrogen-bond donors (Lipinski definition) is 3. The first-order valence-corrected chi connectivity index (χ1v) is 7.02. The summed E-state index contributed by atoms with van der Waals surface area (Å²) in [6, 6.07) is 0. The number of rotatable bonds is 11. The molecular formula is C11H20N2O4S. The van der Waals surface area contributed by atoms with Crippen molar-refractivity contribution < 1.29 is 19.5 Å². The molecule has 0 aromatic carbocycles. The molecule has 0 aromatic heterocycles. The summed E-state index contributed by atoms with van der Waals surface area (Å²) >= 11 is 1.34. The van der Waals surface area contributed by atoms with Gasteiger partial charge in [-0.2, -0.15) is 11.8 Å². The molecule has 0 rings (SSSR count). The van der Waals surface area contributed by atoms with Crippen molar-refractivity contribution in [3.05, 3.63) is 0 Å². The Bertz CT molecular complexity index is 284. The fraction of sp³-hybridized carbons (Fsp3) is 0.727. The van der Waals surface area contributed by atoms with Gasteiger partial charge in [0.2, 0.25) is 11.8 Å². The molecule has 0 aliphatic rings. The van der Waals surface area contributed by atoms with Gasteiger partial charge >= 0.3 is 5.97 Å². The zero-order valence-corrected chi connectivity index (χ0v) is 11.1. The van der Waals surface area contributed by atoms with Crippen LogP contribution in [-0.2, 0) is 14.4 Å². The molecule has 0 atom stereocenters. The standard InChI is InChI=1S/C11H20N2O4S/c12-9(14)8-18-7-5-10(15)13-6-3-1-2-4-11(16)17/h1-8H2,(H2,12,14)(H,13,15)(H,16,17). The van der Waals surface area contributed by atoms with Crippen LogP contribution in [0.3, 0.4) is 0 Å². The molecule has 0 radical (unpaired) electrons. The molecule has 0 aliphatic carbocycles. The highest BCUT2D eigenvalue weighted by Gasteiger charge is 2.02. The zero-order valence-electron chi connectivity index (χ0n) is 10.3. The summed E-state index contributed by atoms with van der Waals surface area (Å²) in [6.45, 7) is 0.568. The number of carboxylic acid groups (broad SMARTS) is 1. The SMILES string of the molecule is NC(=O)CSCCC(=O)NCCCCCC(=O)O. The number of carboxylic acids is 1. The summed E-state index contributed by atoms with van der Waals surface area (Å²) in [5.41, 5.74) is 4.96. The highest BCUT2D eigenvalue weighted by molar-refractivity contribution is 7.99. The maximum atomic E-state index is 11.3. The normalized spacial score (nSPS) is 10.0. The minimum absolute atomic E-state index is 0.0507. The molecule has 2 amide bonds. The number of amides is 2. The van der Waals surface area contributed by atoms with Crippen LogP contribution < -0.4 is 11.1 Å². The van der Waals surface area contributed by atoms with Crippen LogP contribution in [0.5, 0.6) is 0 Å². The van der Waals surface area contributed by atoms with Crippen LogP contribution in [0, 0.1) is 0 Å². The van der Waals surface area contributed by atoms with Crippen molar-refractivity contribution in [2.75, 3.05) is 18.1 Å². The minimum Gasteiger partial charge on any atom is -0.481 e. The van der Waals surface area contributed by atoms with E-state index in [4.69, 9.17) is 10.8 Å². The Kier molecular flexibility index (Phi) is 10.1. The lowest BCUT2D eigenvalue weighted by Crippen LogP contribution is -2.25. The summed E-state index contributed by atoms with van der Waals surface area (Å²) in [4.78, 5) is 31.9. The van der Waals surface area contributed by atoms with Gasteiger partial charge in [-0.25, -0.2) is 0 Å². The number of carbonyl (C=O) groups is 3. The molecule has 0 bridgehead atoms. The Hall–Kier alpha value is -1.24. The van der Waals surface area contributed by atoms with E-state index >= 15 is 0 Å². The smallest absolute Gasteiger partial charge is 0.303 e. The molecule has 0 aromatic rings. The van der Waals surface area contributed by atoms with Crippen LogP contribution in [0.1, 0.15) is 32.1 Å². The Labute approximate surface area is 111 Å². The van der Waals surface area contributed by atoms with Gasteiger partial charge in [0.1, 0.15) is 0 Å². The first kappa shape index (κ1) is 16.8. The van der Waals surface area contributed by atoms with E-state index in [1.807, 2.05) is 0 Å². The lowest BCUT2D eigenvalue weighted by Gasteiger charge is -2.04. The second kappa shape index (κ2) is 10.9. The van der Waals surface area contributed by atoms with E-state index < -0.39 is 5.97 Å². The van der Waals surface area contributed by atoms with Crippen LogP contribution in [0.25, 0.3) is 0 Å². The monoisotopic (exact) mass is 276 g/mol. The van der Waals surface area contributed by atoms with Crippen LogP contribution in [0.4, 0.5) is 0 Å². The van der Waals surface area contributed by atoms with Gasteiger partial charge in [0.15, 0.2) is 0 Å². The van der Waals surface area contributed by atoms with Crippen LogP contribution in [-0.4, -0.2) is 40.9 Å². The quantitative estimate of drug-likeness (QED) is 0.472. The number of aliphatic carboxylic acids is 1. The Morgan fingerprint density at radius 3 is 2.44 bits per heavy atom. The highest BCUT2D eigenvalue weighted by Crippen LogP contribution is 2.01. The molecule has 0 saturated heterocycles.